The number of benzene rings is 2. The first kappa shape index (κ1) is 18.6. The number of likely N-dealkylation sites (N-methyl/N-ethyl adjacent to an activating group) is 1. The van der Waals surface area contributed by atoms with Crippen LogP contribution in [0.1, 0.15) is 33.1 Å². The van der Waals surface area contributed by atoms with Crippen LogP contribution < -0.4 is 5.32 Å². The summed E-state index contributed by atoms with van der Waals surface area (Å²) in [7, 11) is 2.16. The third kappa shape index (κ3) is 4.71. The maximum absolute atomic E-state index is 12.5. The summed E-state index contributed by atoms with van der Waals surface area (Å²) in [6.07, 6.45) is 0. The number of hydrogen-bond acceptors (Lipinski definition) is 3. The third-order valence-corrected chi connectivity index (χ3v) is 5.21. The molecular formula is C22H29N3O. The lowest BCUT2D eigenvalue weighted by Gasteiger charge is -2.38. The van der Waals surface area contributed by atoms with E-state index in [2.05, 4.69) is 53.4 Å². The summed E-state index contributed by atoms with van der Waals surface area (Å²) < 4.78 is 0. The van der Waals surface area contributed by atoms with Crippen molar-refractivity contribution in [2.45, 2.75) is 19.9 Å². The fraction of sp³-hybridized carbons (Fsp3) is 0.409. The summed E-state index contributed by atoms with van der Waals surface area (Å²) in [5.74, 6) is -0.00348. The summed E-state index contributed by atoms with van der Waals surface area (Å²) in [5.41, 5.74) is 4.41. The van der Waals surface area contributed by atoms with Crippen molar-refractivity contribution < 1.29 is 4.79 Å². The Morgan fingerprint density at radius 3 is 2.04 bits per heavy atom. The summed E-state index contributed by atoms with van der Waals surface area (Å²) in [5, 5.41) is 3.15. The van der Waals surface area contributed by atoms with Crippen LogP contribution in [0.2, 0.25) is 0 Å². The molecule has 2 aromatic carbocycles. The van der Waals surface area contributed by atoms with E-state index in [0.29, 0.717) is 6.54 Å². The Morgan fingerprint density at radius 2 is 1.46 bits per heavy atom. The first-order valence-electron chi connectivity index (χ1n) is 9.37. The zero-order valence-corrected chi connectivity index (χ0v) is 16.0. The van der Waals surface area contributed by atoms with Crippen LogP contribution in [-0.4, -0.2) is 55.5 Å². The van der Waals surface area contributed by atoms with Gasteiger partial charge in [-0.3, -0.25) is 9.69 Å². The molecule has 1 unspecified atom stereocenters. The third-order valence-electron chi connectivity index (χ3n) is 5.21. The molecule has 0 aliphatic carbocycles. The molecule has 1 heterocycles. The monoisotopic (exact) mass is 351 g/mol. The molecule has 0 radical (unpaired) electrons. The maximum Gasteiger partial charge on any atom is 0.251 e. The van der Waals surface area contributed by atoms with Crippen LogP contribution >= 0.6 is 0 Å². The summed E-state index contributed by atoms with van der Waals surface area (Å²) in [6.45, 7) is 8.93. The highest BCUT2D eigenvalue weighted by Crippen LogP contribution is 2.22. The minimum Gasteiger partial charge on any atom is -0.350 e. The molecule has 0 bridgehead atoms. The molecule has 26 heavy (non-hydrogen) atoms. The molecule has 138 valence electrons. The second kappa shape index (κ2) is 8.47. The van der Waals surface area contributed by atoms with Gasteiger partial charge in [0, 0.05) is 38.3 Å². The second-order valence-corrected chi connectivity index (χ2v) is 7.34. The molecule has 1 aliphatic rings. The van der Waals surface area contributed by atoms with Crippen LogP contribution in [0.4, 0.5) is 0 Å². The smallest absolute Gasteiger partial charge is 0.251 e. The number of aryl methyl sites for hydroxylation is 2. The Labute approximate surface area is 156 Å². The Balaban J connectivity index is 1.71. The van der Waals surface area contributed by atoms with Crippen molar-refractivity contribution in [2.24, 2.45) is 0 Å². The first-order valence-corrected chi connectivity index (χ1v) is 9.37. The Hall–Kier alpha value is -2.17. The minimum absolute atomic E-state index is 0.00348. The lowest BCUT2D eigenvalue weighted by molar-refractivity contribution is 0.0886. The number of nitrogens with zero attached hydrogens (tertiary/aromatic N) is 2. The topological polar surface area (TPSA) is 35.6 Å². The van der Waals surface area contributed by atoms with E-state index in [1.165, 1.54) is 11.1 Å². The molecule has 1 saturated heterocycles. The van der Waals surface area contributed by atoms with E-state index >= 15 is 0 Å². The Morgan fingerprint density at radius 1 is 0.923 bits per heavy atom. The predicted octanol–water partition coefficient (Wildman–Crippen LogP) is 3.02. The zero-order chi connectivity index (χ0) is 18.5. The molecule has 1 atom stereocenters. The largest absolute Gasteiger partial charge is 0.350 e. The molecule has 4 heteroatoms. The average Bonchev–Trinajstić information content (AvgIpc) is 2.65. The fourth-order valence-corrected chi connectivity index (χ4v) is 3.38. The molecule has 1 aliphatic heterocycles. The van der Waals surface area contributed by atoms with Crippen molar-refractivity contribution in [3.05, 3.63) is 70.8 Å². The number of carbonyl (C=O) groups excluding carboxylic acids is 1. The molecular weight excluding hydrogens is 322 g/mol. The van der Waals surface area contributed by atoms with Gasteiger partial charge in [-0.05, 0) is 38.6 Å². The average molecular weight is 351 g/mol. The predicted molar refractivity (Wildman–Crippen MR) is 107 cm³/mol. The van der Waals surface area contributed by atoms with Gasteiger partial charge in [0.05, 0.1) is 6.04 Å². The molecule has 0 aromatic heterocycles. The van der Waals surface area contributed by atoms with Crippen molar-refractivity contribution in [1.29, 1.82) is 0 Å². The highest BCUT2D eigenvalue weighted by Gasteiger charge is 2.24. The van der Waals surface area contributed by atoms with E-state index in [0.717, 1.165) is 37.3 Å². The number of nitrogens with one attached hydrogen (secondary N) is 1. The molecule has 4 nitrogen and oxygen atoms in total. The quantitative estimate of drug-likeness (QED) is 0.899. The summed E-state index contributed by atoms with van der Waals surface area (Å²) in [4.78, 5) is 17.4. The van der Waals surface area contributed by atoms with Gasteiger partial charge in [0.2, 0.25) is 0 Å². The zero-order valence-electron chi connectivity index (χ0n) is 16.0. The van der Waals surface area contributed by atoms with Gasteiger partial charge < -0.3 is 10.2 Å². The van der Waals surface area contributed by atoms with Gasteiger partial charge >= 0.3 is 0 Å². The maximum atomic E-state index is 12.5. The molecule has 0 spiro atoms. The van der Waals surface area contributed by atoms with E-state index in [1.807, 2.05) is 31.2 Å². The SMILES string of the molecule is Cc1ccc(C(=O)NCC(c2ccc(C)cc2)N2CCN(C)CC2)cc1. The minimum atomic E-state index is -0.00348. The Bertz CT molecular complexity index is 716. The van der Waals surface area contributed by atoms with Crippen molar-refractivity contribution in [3.8, 4) is 0 Å². The highest BCUT2D eigenvalue weighted by molar-refractivity contribution is 5.94. The van der Waals surface area contributed by atoms with Gasteiger partial charge in [0.15, 0.2) is 0 Å². The van der Waals surface area contributed by atoms with Gasteiger partial charge in [-0.2, -0.15) is 0 Å². The normalized spacial score (nSPS) is 17.0. The molecule has 1 fully saturated rings. The number of carbonyl (C=O) groups is 1. The standard InChI is InChI=1S/C22H29N3O/c1-17-4-8-19(9-5-17)21(25-14-12-24(3)13-15-25)16-23-22(26)20-10-6-18(2)7-11-20/h4-11,21H,12-16H2,1-3H3,(H,23,26). The summed E-state index contributed by atoms with van der Waals surface area (Å²) in [6, 6.07) is 16.6. The number of amides is 1. The van der Waals surface area contributed by atoms with Crippen molar-refractivity contribution in [2.75, 3.05) is 39.8 Å². The molecule has 2 aromatic rings. The van der Waals surface area contributed by atoms with Crippen LogP contribution in [0.25, 0.3) is 0 Å². The fourth-order valence-electron chi connectivity index (χ4n) is 3.38. The van der Waals surface area contributed by atoms with E-state index in [-0.39, 0.29) is 11.9 Å². The van der Waals surface area contributed by atoms with Gasteiger partial charge in [0.25, 0.3) is 5.91 Å². The van der Waals surface area contributed by atoms with Crippen LogP contribution in [0.5, 0.6) is 0 Å². The summed E-state index contributed by atoms with van der Waals surface area (Å²) >= 11 is 0. The Kier molecular flexibility index (Phi) is 6.07. The van der Waals surface area contributed by atoms with E-state index < -0.39 is 0 Å². The first-order chi connectivity index (χ1) is 12.5. The van der Waals surface area contributed by atoms with E-state index in [1.54, 1.807) is 0 Å². The highest BCUT2D eigenvalue weighted by atomic mass is 16.1. The van der Waals surface area contributed by atoms with Crippen LogP contribution in [0, 0.1) is 13.8 Å². The van der Waals surface area contributed by atoms with E-state index in [4.69, 9.17) is 0 Å². The molecule has 1 amide bonds. The van der Waals surface area contributed by atoms with Crippen molar-refractivity contribution in [3.63, 3.8) is 0 Å². The second-order valence-electron chi connectivity index (χ2n) is 7.34. The van der Waals surface area contributed by atoms with Gasteiger partial charge in [-0.1, -0.05) is 47.5 Å². The molecule has 0 saturated carbocycles. The lowest BCUT2D eigenvalue weighted by Crippen LogP contribution is -2.48. The van der Waals surface area contributed by atoms with Crippen molar-refractivity contribution in [1.82, 2.24) is 15.1 Å². The number of hydrogen-bond donors (Lipinski definition) is 1. The van der Waals surface area contributed by atoms with E-state index in [9.17, 15) is 4.79 Å². The van der Waals surface area contributed by atoms with Gasteiger partial charge in [0.1, 0.15) is 0 Å². The number of rotatable bonds is 5. The van der Waals surface area contributed by atoms with Gasteiger partial charge in [-0.15, -0.1) is 0 Å². The van der Waals surface area contributed by atoms with Crippen molar-refractivity contribution >= 4 is 5.91 Å². The number of piperazine rings is 1. The van der Waals surface area contributed by atoms with Crippen LogP contribution in [0.15, 0.2) is 48.5 Å². The van der Waals surface area contributed by atoms with Crippen LogP contribution in [-0.2, 0) is 0 Å². The lowest BCUT2D eigenvalue weighted by atomic mass is 10.0. The molecule has 1 N–H and O–H groups in total. The van der Waals surface area contributed by atoms with Gasteiger partial charge in [-0.25, -0.2) is 0 Å². The van der Waals surface area contributed by atoms with Crippen LogP contribution in [0.3, 0.4) is 0 Å². The molecule has 3 rings (SSSR count).